The average Bonchev–Trinajstić information content (AvgIpc) is 2.66. The Balaban J connectivity index is 1.74. The second kappa shape index (κ2) is 11.2. The predicted octanol–water partition coefficient (Wildman–Crippen LogP) is 2.87. The predicted molar refractivity (Wildman–Crippen MR) is 108 cm³/mol. The van der Waals surface area contributed by atoms with Gasteiger partial charge < -0.3 is 16.0 Å². The lowest BCUT2D eigenvalue weighted by Crippen LogP contribution is -2.41. The number of nitrogens with zero attached hydrogens (tertiary/aromatic N) is 1. The van der Waals surface area contributed by atoms with E-state index < -0.39 is 0 Å². The van der Waals surface area contributed by atoms with Crippen LogP contribution in [0.25, 0.3) is 0 Å². The van der Waals surface area contributed by atoms with Gasteiger partial charge in [0.1, 0.15) is 0 Å². The molecule has 0 aromatic heterocycles. The molecule has 6 heteroatoms. The Morgan fingerprint density at radius 2 is 1.65 bits per heavy atom. The molecule has 0 unspecified atom stereocenters. The Morgan fingerprint density at radius 3 is 2.38 bits per heavy atom. The number of amides is 1. The molecule has 5 nitrogen and oxygen atoms in total. The third-order valence-corrected chi connectivity index (χ3v) is 4.01. The topological polar surface area (TPSA) is 65.5 Å². The minimum atomic E-state index is -0.177. The normalized spacial score (nSPS) is 11.1. The zero-order valence-electron chi connectivity index (χ0n) is 15.0. The summed E-state index contributed by atoms with van der Waals surface area (Å²) in [5.41, 5.74) is 1.75. The molecule has 0 saturated carbocycles. The van der Waals surface area contributed by atoms with Crippen LogP contribution in [0.1, 0.15) is 22.8 Å². The van der Waals surface area contributed by atoms with Gasteiger partial charge >= 0.3 is 0 Å². The zero-order valence-corrected chi connectivity index (χ0v) is 15.7. The molecule has 0 radical (unpaired) electrons. The number of rotatable bonds is 8. The van der Waals surface area contributed by atoms with Crippen molar-refractivity contribution in [1.82, 2.24) is 16.0 Å². The molecule has 2 aromatic rings. The van der Waals surface area contributed by atoms with Crippen LogP contribution >= 0.6 is 11.6 Å². The monoisotopic (exact) mass is 372 g/mol. The van der Waals surface area contributed by atoms with Gasteiger partial charge in [-0.05, 0) is 31.0 Å². The van der Waals surface area contributed by atoms with Crippen LogP contribution < -0.4 is 16.0 Å². The van der Waals surface area contributed by atoms with Gasteiger partial charge in [-0.3, -0.25) is 9.79 Å². The number of nitrogens with one attached hydrogen (secondary N) is 3. The fourth-order valence-electron chi connectivity index (χ4n) is 2.38. The van der Waals surface area contributed by atoms with E-state index in [1.807, 2.05) is 25.1 Å². The van der Waals surface area contributed by atoms with E-state index in [0.29, 0.717) is 30.2 Å². The van der Waals surface area contributed by atoms with Crippen molar-refractivity contribution in [2.24, 2.45) is 4.99 Å². The van der Waals surface area contributed by atoms with Gasteiger partial charge in [0.2, 0.25) is 0 Å². The Labute approximate surface area is 159 Å². The highest BCUT2D eigenvalue weighted by molar-refractivity contribution is 6.33. The summed E-state index contributed by atoms with van der Waals surface area (Å²) in [5, 5.41) is 9.73. The van der Waals surface area contributed by atoms with Gasteiger partial charge in [-0.15, -0.1) is 0 Å². The lowest BCUT2D eigenvalue weighted by Gasteiger charge is -2.12. The lowest BCUT2D eigenvalue weighted by molar-refractivity contribution is 0.0954. The summed E-state index contributed by atoms with van der Waals surface area (Å²) in [6.45, 7) is 4.56. The summed E-state index contributed by atoms with van der Waals surface area (Å²) in [5.74, 6) is 0.568. The Bertz CT molecular complexity index is 719. The Hall–Kier alpha value is -2.53. The largest absolute Gasteiger partial charge is 0.357 e. The van der Waals surface area contributed by atoms with Crippen molar-refractivity contribution < 1.29 is 4.79 Å². The standard InChI is InChI=1S/C20H25ClN4O/c1-2-22-20(24-13-12-16-8-4-3-5-9-16)25-15-14-23-19(26)17-10-6-7-11-18(17)21/h3-11H,2,12-15H2,1H3,(H,23,26)(H2,22,24,25). The van der Waals surface area contributed by atoms with Crippen LogP contribution in [-0.2, 0) is 6.42 Å². The SMILES string of the molecule is CCNC(=NCCc1ccccc1)NCCNC(=O)c1ccccc1Cl. The molecule has 0 fully saturated rings. The van der Waals surface area contributed by atoms with Crippen molar-refractivity contribution in [1.29, 1.82) is 0 Å². The van der Waals surface area contributed by atoms with E-state index in [-0.39, 0.29) is 5.91 Å². The summed E-state index contributed by atoms with van der Waals surface area (Å²) in [6.07, 6.45) is 0.890. The summed E-state index contributed by atoms with van der Waals surface area (Å²) in [7, 11) is 0. The fourth-order valence-corrected chi connectivity index (χ4v) is 2.60. The molecule has 3 N–H and O–H groups in total. The summed E-state index contributed by atoms with van der Waals surface area (Å²) in [6, 6.07) is 17.3. The van der Waals surface area contributed by atoms with Gasteiger partial charge in [-0.2, -0.15) is 0 Å². The molecule has 0 bridgehead atoms. The molecule has 0 atom stereocenters. The van der Waals surface area contributed by atoms with E-state index in [0.717, 1.165) is 18.9 Å². The van der Waals surface area contributed by atoms with Crippen molar-refractivity contribution in [2.75, 3.05) is 26.2 Å². The molecule has 0 aliphatic carbocycles. The highest BCUT2D eigenvalue weighted by Crippen LogP contribution is 2.14. The molecular weight excluding hydrogens is 348 g/mol. The summed E-state index contributed by atoms with van der Waals surface area (Å²) < 4.78 is 0. The minimum absolute atomic E-state index is 0.177. The number of halogens is 1. The fraction of sp³-hybridized carbons (Fsp3) is 0.300. The van der Waals surface area contributed by atoms with Crippen LogP contribution in [0.5, 0.6) is 0 Å². The second-order valence-corrected chi connectivity index (χ2v) is 6.07. The number of carbonyl (C=O) groups is 1. The first-order chi connectivity index (χ1) is 12.7. The van der Waals surface area contributed by atoms with Crippen LogP contribution in [0.4, 0.5) is 0 Å². The van der Waals surface area contributed by atoms with E-state index in [2.05, 4.69) is 33.1 Å². The van der Waals surface area contributed by atoms with Crippen LogP contribution in [0.15, 0.2) is 59.6 Å². The number of aliphatic imine (C=N–C) groups is 1. The Kier molecular flexibility index (Phi) is 8.49. The van der Waals surface area contributed by atoms with Gasteiger partial charge in [0.15, 0.2) is 5.96 Å². The van der Waals surface area contributed by atoms with E-state index in [4.69, 9.17) is 11.6 Å². The average molecular weight is 373 g/mol. The first-order valence-corrected chi connectivity index (χ1v) is 9.17. The van der Waals surface area contributed by atoms with Crippen LogP contribution in [0.2, 0.25) is 5.02 Å². The molecule has 2 aromatic carbocycles. The molecule has 26 heavy (non-hydrogen) atoms. The van der Waals surface area contributed by atoms with Gasteiger partial charge in [-0.1, -0.05) is 54.1 Å². The summed E-state index contributed by atoms with van der Waals surface area (Å²) >= 11 is 6.03. The minimum Gasteiger partial charge on any atom is -0.357 e. The highest BCUT2D eigenvalue weighted by atomic mass is 35.5. The van der Waals surface area contributed by atoms with Gasteiger partial charge in [0, 0.05) is 26.2 Å². The van der Waals surface area contributed by atoms with Gasteiger partial charge in [0.25, 0.3) is 5.91 Å². The maximum absolute atomic E-state index is 12.1. The number of guanidine groups is 1. The van der Waals surface area contributed by atoms with E-state index in [1.54, 1.807) is 24.3 Å². The first kappa shape index (κ1) is 19.8. The molecule has 1 amide bonds. The van der Waals surface area contributed by atoms with E-state index in [9.17, 15) is 4.79 Å². The molecule has 138 valence electrons. The molecule has 0 aliphatic heterocycles. The number of benzene rings is 2. The smallest absolute Gasteiger partial charge is 0.252 e. The molecule has 0 saturated heterocycles. The summed E-state index contributed by atoms with van der Waals surface area (Å²) in [4.78, 5) is 16.7. The molecule has 0 heterocycles. The third-order valence-electron chi connectivity index (χ3n) is 3.68. The second-order valence-electron chi connectivity index (χ2n) is 5.66. The quantitative estimate of drug-likeness (QED) is 0.379. The van der Waals surface area contributed by atoms with Crippen molar-refractivity contribution in [3.63, 3.8) is 0 Å². The molecule has 0 aliphatic rings. The first-order valence-electron chi connectivity index (χ1n) is 8.79. The number of hydrogen-bond donors (Lipinski definition) is 3. The van der Waals surface area contributed by atoms with Crippen molar-refractivity contribution in [2.45, 2.75) is 13.3 Å². The maximum atomic E-state index is 12.1. The molecule has 0 spiro atoms. The molecular formula is C20H25ClN4O. The van der Waals surface area contributed by atoms with Crippen molar-refractivity contribution >= 4 is 23.5 Å². The van der Waals surface area contributed by atoms with Gasteiger partial charge in [-0.25, -0.2) is 0 Å². The Morgan fingerprint density at radius 1 is 0.962 bits per heavy atom. The van der Waals surface area contributed by atoms with Crippen molar-refractivity contribution in [3.8, 4) is 0 Å². The maximum Gasteiger partial charge on any atom is 0.252 e. The van der Waals surface area contributed by atoms with Crippen LogP contribution in [0.3, 0.4) is 0 Å². The molecule has 2 rings (SSSR count). The van der Waals surface area contributed by atoms with E-state index in [1.165, 1.54) is 5.56 Å². The van der Waals surface area contributed by atoms with Crippen LogP contribution in [0, 0.1) is 0 Å². The third kappa shape index (κ3) is 6.76. The zero-order chi connectivity index (χ0) is 18.6. The van der Waals surface area contributed by atoms with Crippen LogP contribution in [-0.4, -0.2) is 38.0 Å². The number of hydrogen-bond acceptors (Lipinski definition) is 2. The number of carbonyl (C=O) groups excluding carboxylic acids is 1. The van der Waals surface area contributed by atoms with Crippen molar-refractivity contribution in [3.05, 3.63) is 70.7 Å². The lowest BCUT2D eigenvalue weighted by atomic mass is 10.2. The van der Waals surface area contributed by atoms with E-state index >= 15 is 0 Å². The van der Waals surface area contributed by atoms with Gasteiger partial charge in [0.05, 0.1) is 10.6 Å². The highest BCUT2D eigenvalue weighted by Gasteiger charge is 2.08.